The van der Waals surface area contributed by atoms with Crippen molar-refractivity contribution < 1.29 is 9.53 Å². The van der Waals surface area contributed by atoms with Gasteiger partial charge in [0.05, 0.1) is 13.2 Å². The summed E-state index contributed by atoms with van der Waals surface area (Å²) < 4.78 is 5.25. The van der Waals surface area contributed by atoms with Crippen molar-refractivity contribution in [3.05, 3.63) is 65.2 Å². The zero-order chi connectivity index (χ0) is 14.5. The molecule has 2 rings (SSSR count). The second-order valence-corrected chi connectivity index (χ2v) is 4.52. The number of carbonyl (C=O) groups excluding carboxylic acids is 1. The Morgan fingerprint density at radius 3 is 2.50 bits per heavy atom. The Morgan fingerprint density at radius 1 is 1.20 bits per heavy atom. The van der Waals surface area contributed by atoms with Gasteiger partial charge < -0.3 is 4.74 Å². The lowest BCUT2D eigenvalue weighted by Crippen LogP contribution is -2.11. The largest absolute Gasteiger partial charge is 0.496 e. The van der Waals surface area contributed by atoms with Crippen LogP contribution in [-0.4, -0.2) is 12.9 Å². The zero-order valence-corrected chi connectivity index (χ0v) is 11.5. The third-order valence-corrected chi connectivity index (χ3v) is 3.22. The van der Waals surface area contributed by atoms with E-state index < -0.39 is 5.92 Å². The summed E-state index contributed by atoms with van der Waals surface area (Å²) in [6, 6.07) is 16.4. The van der Waals surface area contributed by atoms with Crippen molar-refractivity contribution in [2.45, 2.75) is 12.8 Å². The van der Waals surface area contributed by atoms with E-state index in [0.717, 1.165) is 5.56 Å². The van der Waals surface area contributed by atoms with Gasteiger partial charge in [0, 0.05) is 5.56 Å². The van der Waals surface area contributed by atoms with Gasteiger partial charge in [0.2, 0.25) is 0 Å². The van der Waals surface area contributed by atoms with Crippen LogP contribution in [0.2, 0.25) is 0 Å². The minimum Gasteiger partial charge on any atom is -0.496 e. The first-order valence-corrected chi connectivity index (χ1v) is 6.30. The molecular formula is C17H15NO2. The van der Waals surface area contributed by atoms with Gasteiger partial charge in [0.15, 0.2) is 5.78 Å². The summed E-state index contributed by atoms with van der Waals surface area (Å²) in [4.78, 5) is 12.4. The van der Waals surface area contributed by atoms with Crippen molar-refractivity contribution in [1.82, 2.24) is 0 Å². The Labute approximate surface area is 118 Å². The van der Waals surface area contributed by atoms with Crippen LogP contribution >= 0.6 is 0 Å². The Kier molecular flexibility index (Phi) is 4.17. The standard InChI is InChI=1S/C17H15NO2/c1-12-8-9-14(10-16(12)20-2)15(11-18)17(19)13-6-4-3-5-7-13/h3-10,15H,1-2H3. The lowest BCUT2D eigenvalue weighted by molar-refractivity contribution is 0.0979. The van der Waals surface area contributed by atoms with Crippen LogP contribution in [0.5, 0.6) is 5.75 Å². The van der Waals surface area contributed by atoms with Crippen LogP contribution in [0.3, 0.4) is 0 Å². The number of rotatable bonds is 4. The highest BCUT2D eigenvalue weighted by molar-refractivity contribution is 6.02. The van der Waals surface area contributed by atoms with E-state index in [1.54, 1.807) is 43.5 Å². The molecule has 0 saturated carbocycles. The minimum absolute atomic E-state index is 0.195. The normalized spacial score (nSPS) is 11.4. The van der Waals surface area contributed by atoms with Crippen LogP contribution in [0.25, 0.3) is 0 Å². The molecule has 0 radical (unpaired) electrons. The fraction of sp³-hybridized carbons (Fsp3) is 0.176. The summed E-state index contributed by atoms with van der Waals surface area (Å²) in [7, 11) is 1.58. The molecule has 0 saturated heterocycles. The van der Waals surface area contributed by atoms with Crippen LogP contribution in [0.15, 0.2) is 48.5 Å². The van der Waals surface area contributed by atoms with Crippen LogP contribution < -0.4 is 4.74 Å². The quantitative estimate of drug-likeness (QED) is 0.795. The van der Waals surface area contributed by atoms with E-state index in [9.17, 15) is 10.1 Å². The molecule has 0 aliphatic rings. The Morgan fingerprint density at radius 2 is 1.90 bits per heavy atom. The summed E-state index contributed by atoms with van der Waals surface area (Å²) in [5.41, 5.74) is 2.17. The van der Waals surface area contributed by atoms with Gasteiger partial charge in [-0.05, 0) is 24.1 Å². The highest BCUT2D eigenvalue weighted by Gasteiger charge is 2.22. The molecule has 0 aliphatic carbocycles. The third-order valence-electron chi connectivity index (χ3n) is 3.22. The fourth-order valence-corrected chi connectivity index (χ4v) is 2.07. The molecule has 0 N–H and O–H groups in total. The molecule has 0 fully saturated rings. The maximum absolute atomic E-state index is 12.4. The summed E-state index contributed by atoms with van der Waals surface area (Å²) in [6.07, 6.45) is 0. The summed E-state index contributed by atoms with van der Waals surface area (Å²) in [6.45, 7) is 1.92. The highest BCUT2D eigenvalue weighted by Crippen LogP contribution is 2.26. The van der Waals surface area contributed by atoms with Gasteiger partial charge in [-0.1, -0.05) is 42.5 Å². The van der Waals surface area contributed by atoms with E-state index >= 15 is 0 Å². The monoisotopic (exact) mass is 265 g/mol. The maximum atomic E-state index is 12.4. The number of hydrogen-bond acceptors (Lipinski definition) is 3. The predicted molar refractivity (Wildman–Crippen MR) is 76.9 cm³/mol. The molecule has 0 aliphatic heterocycles. The topological polar surface area (TPSA) is 50.1 Å². The molecule has 2 aromatic carbocycles. The first-order chi connectivity index (χ1) is 9.67. The number of methoxy groups -OCH3 is 1. The maximum Gasteiger partial charge on any atom is 0.184 e. The van der Waals surface area contributed by atoms with Gasteiger partial charge >= 0.3 is 0 Å². The van der Waals surface area contributed by atoms with Crippen LogP contribution in [0.1, 0.15) is 27.4 Å². The summed E-state index contributed by atoms with van der Waals surface area (Å²) in [5, 5.41) is 9.33. The third kappa shape index (κ3) is 2.70. The van der Waals surface area contributed by atoms with Gasteiger partial charge in [0.1, 0.15) is 11.7 Å². The van der Waals surface area contributed by atoms with Gasteiger partial charge in [-0.2, -0.15) is 5.26 Å². The van der Waals surface area contributed by atoms with Crippen molar-refractivity contribution in [1.29, 1.82) is 5.26 Å². The van der Waals surface area contributed by atoms with Crippen molar-refractivity contribution in [2.75, 3.05) is 7.11 Å². The number of aryl methyl sites for hydroxylation is 1. The number of ether oxygens (including phenoxy) is 1. The molecule has 2 aromatic rings. The Hall–Kier alpha value is -2.60. The van der Waals surface area contributed by atoms with Gasteiger partial charge in [-0.15, -0.1) is 0 Å². The van der Waals surface area contributed by atoms with E-state index in [4.69, 9.17) is 4.74 Å². The van der Waals surface area contributed by atoms with E-state index in [-0.39, 0.29) is 5.78 Å². The second kappa shape index (κ2) is 6.03. The first kappa shape index (κ1) is 13.8. The van der Waals surface area contributed by atoms with Gasteiger partial charge in [0.25, 0.3) is 0 Å². The predicted octanol–water partition coefficient (Wildman–Crippen LogP) is 3.49. The van der Waals surface area contributed by atoms with E-state index in [1.807, 2.05) is 19.1 Å². The molecule has 0 bridgehead atoms. The Bertz CT molecular complexity index is 656. The number of benzene rings is 2. The average molecular weight is 265 g/mol. The highest BCUT2D eigenvalue weighted by atomic mass is 16.5. The molecule has 3 heteroatoms. The van der Waals surface area contributed by atoms with Crippen molar-refractivity contribution in [3.8, 4) is 11.8 Å². The average Bonchev–Trinajstić information content (AvgIpc) is 2.50. The number of nitriles is 1. The molecule has 20 heavy (non-hydrogen) atoms. The summed E-state index contributed by atoms with van der Waals surface area (Å²) >= 11 is 0. The molecular weight excluding hydrogens is 250 g/mol. The van der Waals surface area contributed by atoms with Crippen LogP contribution in [-0.2, 0) is 0 Å². The van der Waals surface area contributed by atoms with Crippen molar-refractivity contribution in [3.63, 3.8) is 0 Å². The van der Waals surface area contributed by atoms with Crippen LogP contribution in [0.4, 0.5) is 0 Å². The molecule has 0 heterocycles. The van der Waals surface area contributed by atoms with E-state index in [2.05, 4.69) is 6.07 Å². The molecule has 3 nitrogen and oxygen atoms in total. The Balaban J connectivity index is 2.39. The van der Waals surface area contributed by atoms with E-state index in [1.165, 1.54) is 0 Å². The second-order valence-electron chi connectivity index (χ2n) is 4.52. The first-order valence-electron chi connectivity index (χ1n) is 6.30. The molecule has 100 valence electrons. The van der Waals surface area contributed by atoms with Crippen molar-refractivity contribution in [2.24, 2.45) is 0 Å². The van der Waals surface area contributed by atoms with Crippen LogP contribution in [0, 0.1) is 18.3 Å². The number of carbonyl (C=O) groups is 1. The summed E-state index contributed by atoms with van der Waals surface area (Å²) in [5.74, 6) is -0.325. The van der Waals surface area contributed by atoms with Gasteiger partial charge in [-0.3, -0.25) is 4.79 Å². The molecule has 1 unspecified atom stereocenters. The van der Waals surface area contributed by atoms with E-state index in [0.29, 0.717) is 16.9 Å². The number of Topliss-reactive ketones (excluding diaryl/α,β-unsaturated/α-hetero) is 1. The number of ketones is 1. The number of nitrogens with zero attached hydrogens (tertiary/aromatic N) is 1. The molecule has 0 spiro atoms. The lowest BCUT2D eigenvalue weighted by Gasteiger charge is -2.11. The fourth-order valence-electron chi connectivity index (χ4n) is 2.07. The molecule has 1 atom stereocenters. The number of hydrogen-bond donors (Lipinski definition) is 0. The SMILES string of the molecule is COc1cc(C(C#N)C(=O)c2ccccc2)ccc1C. The van der Waals surface area contributed by atoms with Gasteiger partial charge in [-0.25, -0.2) is 0 Å². The lowest BCUT2D eigenvalue weighted by atomic mass is 9.91. The zero-order valence-electron chi connectivity index (χ0n) is 11.5. The smallest absolute Gasteiger partial charge is 0.184 e. The minimum atomic E-state index is -0.813. The molecule has 0 aromatic heterocycles. The molecule has 0 amide bonds. The van der Waals surface area contributed by atoms with Crippen molar-refractivity contribution >= 4 is 5.78 Å².